The van der Waals surface area contributed by atoms with Gasteiger partial charge in [0.05, 0.1) is 23.5 Å². The van der Waals surface area contributed by atoms with Crippen molar-refractivity contribution in [1.82, 2.24) is 15.3 Å². The first-order chi connectivity index (χ1) is 11.6. The summed E-state index contributed by atoms with van der Waals surface area (Å²) in [4.78, 5) is 21.5. The monoisotopic (exact) mass is 345 g/mol. The van der Waals surface area contributed by atoms with Crippen molar-refractivity contribution < 1.29 is 13.6 Å². The van der Waals surface area contributed by atoms with E-state index in [0.29, 0.717) is 11.4 Å². The van der Waals surface area contributed by atoms with Crippen LogP contribution in [0.4, 0.5) is 8.78 Å². The summed E-state index contributed by atoms with van der Waals surface area (Å²) < 4.78 is 26.5. The van der Waals surface area contributed by atoms with E-state index in [9.17, 15) is 13.6 Å². The summed E-state index contributed by atoms with van der Waals surface area (Å²) in [6.45, 7) is 0.183. The second kappa shape index (κ2) is 7.27. The number of halogens is 2. The number of nitrogens with zero attached hydrogens (tertiary/aromatic N) is 2. The molecule has 2 heterocycles. The van der Waals surface area contributed by atoms with Crippen molar-refractivity contribution in [2.45, 2.75) is 13.0 Å². The molecule has 24 heavy (non-hydrogen) atoms. The maximum atomic E-state index is 13.6. The van der Waals surface area contributed by atoms with Crippen LogP contribution < -0.4 is 5.32 Å². The van der Waals surface area contributed by atoms with E-state index in [0.717, 1.165) is 17.0 Å². The van der Waals surface area contributed by atoms with Crippen molar-refractivity contribution in [2.24, 2.45) is 0 Å². The Morgan fingerprint density at radius 3 is 2.75 bits per heavy atom. The molecule has 3 rings (SSSR count). The van der Waals surface area contributed by atoms with Gasteiger partial charge in [-0.25, -0.2) is 8.78 Å². The summed E-state index contributed by atoms with van der Waals surface area (Å²) in [6.07, 6.45) is 2.98. The summed E-state index contributed by atoms with van der Waals surface area (Å²) in [5, 5.41) is 4.63. The third-order valence-corrected chi connectivity index (χ3v) is 4.22. The Morgan fingerprint density at radius 2 is 2.00 bits per heavy atom. The molecule has 0 saturated heterocycles. The van der Waals surface area contributed by atoms with Crippen LogP contribution in [-0.4, -0.2) is 15.9 Å². The van der Waals surface area contributed by atoms with Crippen LogP contribution in [-0.2, 0) is 17.8 Å². The number of carbonyl (C=O) groups is 1. The summed E-state index contributed by atoms with van der Waals surface area (Å²) in [7, 11) is 0. The fourth-order valence-electron chi connectivity index (χ4n) is 2.20. The molecule has 0 saturated carbocycles. The van der Waals surface area contributed by atoms with E-state index < -0.39 is 11.6 Å². The topological polar surface area (TPSA) is 54.9 Å². The van der Waals surface area contributed by atoms with Crippen LogP contribution in [0, 0.1) is 11.6 Å². The van der Waals surface area contributed by atoms with Gasteiger partial charge >= 0.3 is 0 Å². The van der Waals surface area contributed by atoms with Gasteiger partial charge in [0.2, 0.25) is 5.91 Å². The van der Waals surface area contributed by atoms with E-state index in [1.54, 1.807) is 12.4 Å². The zero-order valence-electron chi connectivity index (χ0n) is 12.5. The molecule has 3 aromatic rings. The van der Waals surface area contributed by atoms with Gasteiger partial charge in [0.1, 0.15) is 17.3 Å². The normalized spacial score (nSPS) is 10.6. The Balaban J connectivity index is 1.67. The first-order valence-electron chi connectivity index (χ1n) is 7.18. The van der Waals surface area contributed by atoms with E-state index in [-0.39, 0.29) is 24.4 Å². The predicted molar refractivity (Wildman–Crippen MR) is 87.3 cm³/mol. The van der Waals surface area contributed by atoms with E-state index >= 15 is 0 Å². The number of carbonyl (C=O) groups excluding carboxylic acids is 1. The lowest BCUT2D eigenvalue weighted by atomic mass is 10.1. The Bertz CT molecular complexity index is 853. The van der Waals surface area contributed by atoms with Crippen molar-refractivity contribution in [1.29, 1.82) is 0 Å². The number of benzene rings is 1. The largest absolute Gasteiger partial charge is 0.350 e. The van der Waals surface area contributed by atoms with Crippen LogP contribution in [0.5, 0.6) is 0 Å². The molecule has 7 heteroatoms. The first kappa shape index (κ1) is 16.2. The molecule has 1 aromatic carbocycles. The Morgan fingerprint density at radius 1 is 1.17 bits per heavy atom. The summed E-state index contributed by atoms with van der Waals surface area (Å²) in [5.41, 5.74) is 1.49. The smallest absolute Gasteiger partial charge is 0.224 e. The van der Waals surface area contributed by atoms with Crippen molar-refractivity contribution >= 4 is 17.2 Å². The van der Waals surface area contributed by atoms with Crippen LogP contribution in [0.15, 0.2) is 48.1 Å². The zero-order valence-corrected chi connectivity index (χ0v) is 13.3. The molecule has 0 aliphatic rings. The highest BCUT2D eigenvalue weighted by Gasteiger charge is 2.12. The molecule has 0 aliphatic heterocycles. The van der Waals surface area contributed by atoms with Crippen molar-refractivity contribution in [3.63, 3.8) is 0 Å². The van der Waals surface area contributed by atoms with Crippen LogP contribution in [0.3, 0.4) is 0 Å². The highest BCUT2D eigenvalue weighted by Crippen LogP contribution is 2.24. The first-order valence-corrected chi connectivity index (χ1v) is 8.06. The molecule has 4 nitrogen and oxygen atoms in total. The minimum Gasteiger partial charge on any atom is -0.350 e. The lowest BCUT2D eigenvalue weighted by molar-refractivity contribution is -0.120. The minimum atomic E-state index is -0.732. The van der Waals surface area contributed by atoms with E-state index in [1.807, 2.05) is 17.5 Å². The number of thiophene rings is 1. The Kier molecular flexibility index (Phi) is 4.90. The SMILES string of the molecule is O=C(Cc1ccc(F)cc1F)NCc1nccnc1-c1cccs1. The molecule has 0 fully saturated rings. The van der Waals surface area contributed by atoms with Crippen LogP contribution in [0.2, 0.25) is 0 Å². The second-order valence-electron chi connectivity index (χ2n) is 5.02. The highest BCUT2D eigenvalue weighted by atomic mass is 32.1. The van der Waals surface area contributed by atoms with Crippen LogP contribution >= 0.6 is 11.3 Å². The number of rotatable bonds is 5. The Hall–Kier alpha value is -2.67. The molecule has 2 aromatic heterocycles. The molecule has 0 radical (unpaired) electrons. The van der Waals surface area contributed by atoms with Gasteiger partial charge in [0.25, 0.3) is 0 Å². The third kappa shape index (κ3) is 3.80. The molecular weight excluding hydrogens is 332 g/mol. The van der Waals surface area contributed by atoms with E-state index in [1.165, 1.54) is 17.4 Å². The maximum Gasteiger partial charge on any atom is 0.224 e. The van der Waals surface area contributed by atoms with Crippen molar-refractivity contribution in [3.05, 3.63) is 71.0 Å². The number of aromatic nitrogens is 2. The van der Waals surface area contributed by atoms with Gasteiger partial charge < -0.3 is 5.32 Å². The van der Waals surface area contributed by atoms with E-state index in [2.05, 4.69) is 15.3 Å². The van der Waals surface area contributed by atoms with Gasteiger partial charge in [-0.2, -0.15) is 0 Å². The quantitative estimate of drug-likeness (QED) is 0.772. The number of hydrogen-bond acceptors (Lipinski definition) is 4. The van der Waals surface area contributed by atoms with Gasteiger partial charge in [-0.15, -0.1) is 11.3 Å². The second-order valence-corrected chi connectivity index (χ2v) is 5.97. The molecule has 1 N–H and O–H groups in total. The van der Waals surface area contributed by atoms with E-state index in [4.69, 9.17) is 0 Å². The molecule has 0 unspecified atom stereocenters. The summed E-state index contributed by atoms with van der Waals surface area (Å²) in [5.74, 6) is -1.77. The number of hydrogen-bond donors (Lipinski definition) is 1. The average molecular weight is 345 g/mol. The minimum absolute atomic E-state index is 0.145. The number of nitrogens with one attached hydrogen (secondary N) is 1. The van der Waals surface area contributed by atoms with Gasteiger partial charge in [-0.05, 0) is 23.1 Å². The molecular formula is C17H13F2N3OS. The highest BCUT2D eigenvalue weighted by molar-refractivity contribution is 7.13. The van der Waals surface area contributed by atoms with Gasteiger partial charge in [0.15, 0.2) is 0 Å². The molecule has 1 amide bonds. The molecule has 0 atom stereocenters. The van der Waals surface area contributed by atoms with Crippen LogP contribution in [0.1, 0.15) is 11.3 Å². The maximum absolute atomic E-state index is 13.6. The molecule has 0 bridgehead atoms. The molecule has 0 aliphatic carbocycles. The fraction of sp³-hybridized carbons (Fsp3) is 0.118. The molecule has 0 spiro atoms. The van der Waals surface area contributed by atoms with Crippen LogP contribution in [0.25, 0.3) is 10.6 Å². The lowest BCUT2D eigenvalue weighted by Crippen LogP contribution is -2.25. The summed E-state index contributed by atoms with van der Waals surface area (Å²) >= 11 is 1.53. The summed E-state index contributed by atoms with van der Waals surface area (Å²) in [6, 6.07) is 7.00. The lowest BCUT2D eigenvalue weighted by Gasteiger charge is -2.08. The van der Waals surface area contributed by atoms with Crippen molar-refractivity contribution in [3.8, 4) is 10.6 Å². The standard InChI is InChI=1S/C17H13F2N3OS/c18-12-4-3-11(13(19)9-12)8-16(23)22-10-14-17(21-6-5-20-14)15-2-1-7-24-15/h1-7,9H,8,10H2,(H,22,23). The Labute approximate surface area is 141 Å². The zero-order chi connectivity index (χ0) is 16.9. The average Bonchev–Trinajstić information content (AvgIpc) is 3.10. The van der Waals surface area contributed by atoms with Crippen molar-refractivity contribution in [2.75, 3.05) is 0 Å². The third-order valence-electron chi connectivity index (χ3n) is 3.35. The number of amides is 1. The van der Waals surface area contributed by atoms with Gasteiger partial charge in [0, 0.05) is 18.5 Å². The molecule has 122 valence electrons. The van der Waals surface area contributed by atoms with Gasteiger partial charge in [-0.3, -0.25) is 14.8 Å². The predicted octanol–water partition coefficient (Wildman–Crippen LogP) is 3.34. The van der Waals surface area contributed by atoms with Gasteiger partial charge in [-0.1, -0.05) is 12.1 Å². The fourth-order valence-corrected chi connectivity index (χ4v) is 2.94.